The summed E-state index contributed by atoms with van der Waals surface area (Å²) >= 11 is 12.5. The minimum absolute atomic E-state index is 0.0283. The van der Waals surface area contributed by atoms with Gasteiger partial charge in [0.15, 0.2) is 0 Å². The Morgan fingerprint density at radius 2 is 1.65 bits per heavy atom. The Bertz CT molecular complexity index is 1380. The molecule has 1 saturated heterocycles. The van der Waals surface area contributed by atoms with Crippen LogP contribution in [-0.4, -0.2) is 107 Å². The Hall–Kier alpha value is -3.14. The number of carbonyl (C=O) groups is 2. The molecule has 3 aromatic rings. The molecule has 0 bridgehead atoms. The fourth-order valence-electron chi connectivity index (χ4n) is 5.10. The van der Waals surface area contributed by atoms with Gasteiger partial charge in [-0.15, -0.1) is 0 Å². The minimum atomic E-state index is -0.181. The largest absolute Gasteiger partial charge is 0.383 e. The molecule has 0 aliphatic carbocycles. The van der Waals surface area contributed by atoms with Gasteiger partial charge >= 0.3 is 0 Å². The SMILES string of the molecule is COCCN(CC(=O)N(C)C(CN1CCOCC1)c1ccc(-c2cccc(C(=O)N(C)C)c2)cc1)c1ccc(Cl)c(Cl)c1. The van der Waals surface area contributed by atoms with Crippen molar-refractivity contribution in [3.8, 4) is 11.1 Å². The number of amides is 2. The average molecular weight is 628 g/mol. The quantitative estimate of drug-likeness (QED) is 0.270. The first kappa shape index (κ1) is 32.8. The van der Waals surface area contributed by atoms with Gasteiger partial charge in [0, 0.05) is 65.7 Å². The summed E-state index contributed by atoms with van der Waals surface area (Å²) in [5, 5.41) is 0.898. The Morgan fingerprint density at radius 3 is 2.30 bits per heavy atom. The number of carbonyl (C=O) groups excluding carboxylic acids is 2. The van der Waals surface area contributed by atoms with Crippen molar-refractivity contribution >= 4 is 40.7 Å². The van der Waals surface area contributed by atoms with Crippen molar-refractivity contribution in [3.63, 3.8) is 0 Å². The molecule has 1 fully saturated rings. The molecule has 8 nitrogen and oxygen atoms in total. The third-order valence-electron chi connectivity index (χ3n) is 7.70. The Morgan fingerprint density at radius 1 is 0.930 bits per heavy atom. The summed E-state index contributed by atoms with van der Waals surface area (Å²) in [4.78, 5) is 34.1. The molecule has 43 heavy (non-hydrogen) atoms. The molecule has 0 aromatic heterocycles. The molecule has 1 atom stereocenters. The van der Waals surface area contributed by atoms with Crippen LogP contribution < -0.4 is 4.90 Å². The van der Waals surface area contributed by atoms with E-state index in [-0.39, 0.29) is 24.4 Å². The van der Waals surface area contributed by atoms with Crippen molar-refractivity contribution in [3.05, 3.63) is 87.9 Å². The fourth-order valence-corrected chi connectivity index (χ4v) is 5.39. The second-order valence-electron chi connectivity index (χ2n) is 10.8. The van der Waals surface area contributed by atoms with E-state index in [9.17, 15) is 9.59 Å². The number of nitrogens with zero attached hydrogens (tertiary/aromatic N) is 4. The monoisotopic (exact) mass is 626 g/mol. The maximum Gasteiger partial charge on any atom is 0.253 e. The predicted molar refractivity (Wildman–Crippen MR) is 173 cm³/mol. The third-order valence-corrected chi connectivity index (χ3v) is 8.44. The lowest BCUT2D eigenvalue weighted by molar-refractivity contribution is -0.131. The molecule has 0 saturated carbocycles. The zero-order chi connectivity index (χ0) is 30.9. The van der Waals surface area contributed by atoms with Crippen LogP contribution in [0.4, 0.5) is 5.69 Å². The predicted octanol–water partition coefficient (Wildman–Crippen LogP) is 5.35. The van der Waals surface area contributed by atoms with Gasteiger partial charge in [-0.2, -0.15) is 0 Å². The summed E-state index contributed by atoms with van der Waals surface area (Å²) in [6, 6.07) is 21.1. The minimum Gasteiger partial charge on any atom is -0.383 e. The van der Waals surface area contributed by atoms with Crippen LogP contribution in [0.5, 0.6) is 0 Å². The van der Waals surface area contributed by atoms with Crippen LogP contribution in [0.2, 0.25) is 10.0 Å². The normalized spacial score (nSPS) is 14.3. The van der Waals surface area contributed by atoms with Gasteiger partial charge in [0.25, 0.3) is 5.91 Å². The standard InChI is InChI=1S/C33H40Cl2N4O4/c1-36(2)33(41)27-7-5-6-26(20-27)24-8-10-25(11-9-24)31(22-38-14-18-43-19-15-38)37(3)32(40)23-39(16-17-42-4)28-12-13-29(34)30(35)21-28/h5-13,20-21,31H,14-19,22-23H2,1-4H3. The van der Waals surface area contributed by atoms with E-state index in [0.29, 0.717) is 48.5 Å². The van der Waals surface area contributed by atoms with Gasteiger partial charge in [0.1, 0.15) is 0 Å². The maximum atomic E-state index is 13.8. The molecule has 1 aliphatic rings. The maximum absolute atomic E-state index is 13.8. The number of hydrogen-bond donors (Lipinski definition) is 0. The van der Waals surface area contributed by atoms with E-state index in [1.165, 1.54) is 0 Å². The van der Waals surface area contributed by atoms with Crippen LogP contribution in [0.25, 0.3) is 11.1 Å². The van der Waals surface area contributed by atoms with Crippen molar-refractivity contribution in [2.45, 2.75) is 6.04 Å². The topological polar surface area (TPSA) is 65.6 Å². The number of likely N-dealkylation sites (N-methyl/N-ethyl adjacent to an activating group) is 1. The summed E-state index contributed by atoms with van der Waals surface area (Å²) in [5.41, 5.74) is 4.44. The summed E-state index contributed by atoms with van der Waals surface area (Å²) < 4.78 is 10.9. The van der Waals surface area contributed by atoms with Gasteiger partial charge < -0.3 is 24.2 Å². The number of morpholine rings is 1. The Labute approximate surface area is 264 Å². The van der Waals surface area contributed by atoms with Crippen molar-refractivity contribution in [2.24, 2.45) is 0 Å². The zero-order valence-corrected chi connectivity index (χ0v) is 26.8. The number of benzene rings is 3. The lowest BCUT2D eigenvalue weighted by Crippen LogP contribution is -2.46. The van der Waals surface area contributed by atoms with Crippen LogP contribution in [0.1, 0.15) is 22.0 Å². The molecule has 0 N–H and O–H groups in total. The van der Waals surface area contributed by atoms with Crippen LogP contribution in [0, 0.1) is 0 Å². The highest BCUT2D eigenvalue weighted by atomic mass is 35.5. The first-order valence-electron chi connectivity index (χ1n) is 14.3. The molecule has 10 heteroatoms. The Kier molecular flexibility index (Phi) is 11.8. The number of rotatable bonds is 12. The molecule has 3 aromatic carbocycles. The molecule has 4 rings (SSSR count). The van der Waals surface area contributed by atoms with Crippen molar-refractivity contribution in [1.82, 2.24) is 14.7 Å². The van der Waals surface area contributed by atoms with E-state index in [4.69, 9.17) is 32.7 Å². The van der Waals surface area contributed by atoms with E-state index < -0.39 is 0 Å². The molecule has 230 valence electrons. The van der Waals surface area contributed by atoms with E-state index in [0.717, 1.165) is 35.5 Å². The lowest BCUT2D eigenvalue weighted by Gasteiger charge is -2.36. The van der Waals surface area contributed by atoms with Gasteiger partial charge in [-0.3, -0.25) is 14.5 Å². The van der Waals surface area contributed by atoms with Gasteiger partial charge in [0.2, 0.25) is 5.91 Å². The molecule has 1 aliphatic heterocycles. The highest BCUT2D eigenvalue weighted by Crippen LogP contribution is 2.29. The summed E-state index contributed by atoms with van der Waals surface area (Å²) in [7, 11) is 7.00. The number of anilines is 1. The Balaban J connectivity index is 1.58. The molecule has 0 spiro atoms. The van der Waals surface area contributed by atoms with E-state index >= 15 is 0 Å². The molecule has 1 heterocycles. The molecular weight excluding hydrogens is 587 g/mol. The van der Waals surface area contributed by atoms with Crippen LogP contribution in [0.15, 0.2) is 66.7 Å². The van der Waals surface area contributed by atoms with E-state index in [1.54, 1.807) is 38.2 Å². The number of methoxy groups -OCH3 is 1. The van der Waals surface area contributed by atoms with Crippen molar-refractivity contribution in [1.29, 1.82) is 0 Å². The molecule has 0 radical (unpaired) electrons. The smallest absolute Gasteiger partial charge is 0.253 e. The van der Waals surface area contributed by atoms with Gasteiger partial charge in [0.05, 0.1) is 42.5 Å². The lowest BCUT2D eigenvalue weighted by atomic mass is 9.98. The first-order chi connectivity index (χ1) is 20.7. The average Bonchev–Trinajstić information content (AvgIpc) is 3.03. The van der Waals surface area contributed by atoms with Crippen molar-refractivity contribution in [2.75, 3.05) is 85.7 Å². The first-order valence-corrected chi connectivity index (χ1v) is 15.1. The number of hydrogen-bond acceptors (Lipinski definition) is 6. The fraction of sp³-hybridized carbons (Fsp3) is 0.394. The van der Waals surface area contributed by atoms with Crippen LogP contribution >= 0.6 is 23.2 Å². The second-order valence-corrected chi connectivity index (χ2v) is 11.7. The van der Waals surface area contributed by atoms with E-state index in [2.05, 4.69) is 29.2 Å². The summed E-state index contributed by atoms with van der Waals surface area (Å²) in [5.74, 6) is -0.0657. The van der Waals surface area contributed by atoms with Gasteiger partial charge in [-0.05, 0) is 47.0 Å². The van der Waals surface area contributed by atoms with E-state index in [1.807, 2.05) is 47.2 Å². The van der Waals surface area contributed by atoms with Crippen molar-refractivity contribution < 1.29 is 19.1 Å². The second kappa shape index (κ2) is 15.5. The highest BCUT2D eigenvalue weighted by molar-refractivity contribution is 6.42. The molecule has 2 amide bonds. The summed E-state index contributed by atoms with van der Waals surface area (Å²) in [6.07, 6.45) is 0. The number of ether oxygens (including phenoxy) is 2. The highest BCUT2D eigenvalue weighted by Gasteiger charge is 2.27. The summed E-state index contributed by atoms with van der Waals surface area (Å²) in [6.45, 7) is 4.79. The van der Waals surface area contributed by atoms with Gasteiger partial charge in [-0.1, -0.05) is 59.6 Å². The van der Waals surface area contributed by atoms with Crippen LogP contribution in [-0.2, 0) is 14.3 Å². The number of halogens is 2. The molecule has 1 unspecified atom stereocenters. The third kappa shape index (κ3) is 8.71. The zero-order valence-electron chi connectivity index (χ0n) is 25.3. The van der Waals surface area contributed by atoms with Crippen LogP contribution in [0.3, 0.4) is 0 Å². The van der Waals surface area contributed by atoms with Gasteiger partial charge in [-0.25, -0.2) is 0 Å². The molecular formula is C33H40Cl2N4O4.